The molecule has 66 valence electrons. The van der Waals surface area contributed by atoms with Gasteiger partial charge in [0.25, 0.3) is 0 Å². The summed E-state index contributed by atoms with van der Waals surface area (Å²) in [5, 5.41) is 8.50. The molecule has 1 saturated heterocycles. The van der Waals surface area contributed by atoms with Gasteiger partial charge in [-0.05, 0) is 12.8 Å². The van der Waals surface area contributed by atoms with Gasteiger partial charge in [0.2, 0.25) is 0 Å². The Kier molecular flexibility index (Phi) is 1.31. The first-order chi connectivity index (χ1) is 5.64. The van der Waals surface area contributed by atoms with Crippen LogP contribution in [0.4, 0.5) is 4.79 Å². The Morgan fingerprint density at radius 1 is 1.67 bits per heavy atom. The maximum atomic E-state index is 11.0. The van der Waals surface area contributed by atoms with Crippen LogP contribution in [0.15, 0.2) is 0 Å². The van der Waals surface area contributed by atoms with Gasteiger partial charge in [-0.25, -0.2) is 4.79 Å². The number of carbonyl (C=O) groups is 2. The molecule has 0 unspecified atom stereocenters. The summed E-state index contributed by atoms with van der Waals surface area (Å²) in [6, 6.07) is 0. The lowest BCUT2D eigenvalue weighted by atomic mass is 10.3. The number of amides is 1. The fourth-order valence-corrected chi connectivity index (χ4v) is 1.47. The Bertz CT molecular complexity index is 246. The van der Waals surface area contributed by atoms with Crippen molar-refractivity contribution in [3.63, 3.8) is 0 Å². The van der Waals surface area contributed by atoms with E-state index in [0.29, 0.717) is 6.61 Å². The molecule has 1 spiro atoms. The third-order valence-electron chi connectivity index (χ3n) is 2.38. The first-order valence-electron chi connectivity index (χ1n) is 3.80. The number of aliphatic carboxylic acids is 1. The van der Waals surface area contributed by atoms with Crippen molar-refractivity contribution in [1.29, 1.82) is 0 Å². The number of cyclic esters (lactones) is 1. The molecular formula is C7H9NO4. The molecule has 0 radical (unpaired) electrons. The highest BCUT2D eigenvalue weighted by Crippen LogP contribution is 2.45. The average molecular weight is 171 g/mol. The maximum Gasteiger partial charge on any atom is 0.410 e. The molecule has 0 aromatic rings. The predicted molar refractivity (Wildman–Crippen MR) is 37.7 cm³/mol. The van der Waals surface area contributed by atoms with Crippen LogP contribution in [0.25, 0.3) is 0 Å². The number of hydrogen-bond acceptors (Lipinski definition) is 3. The van der Waals surface area contributed by atoms with E-state index in [-0.39, 0.29) is 12.1 Å². The maximum absolute atomic E-state index is 11.0. The minimum absolute atomic E-state index is 0.237. The van der Waals surface area contributed by atoms with Crippen LogP contribution in [0.1, 0.15) is 12.8 Å². The number of carbonyl (C=O) groups excluding carboxylic acids is 1. The number of nitrogens with zero attached hydrogens (tertiary/aromatic N) is 1. The van der Waals surface area contributed by atoms with E-state index < -0.39 is 12.1 Å². The zero-order valence-corrected chi connectivity index (χ0v) is 6.45. The van der Waals surface area contributed by atoms with Crippen molar-refractivity contribution in [2.75, 3.05) is 13.2 Å². The summed E-state index contributed by atoms with van der Waals surface area (Å²) in [4.78, 5) is 22.7. The van der Waals surface area contributed by atoms with Crippen LogP contribution in [-0.4, -0.2) is 40.8 Å². The molecule has 0 atom stereocenters. The minimum Gasteiger partial charge on any atom is -0.480 e. The highest BCUT2D eigenvalue weighted by atomic mass is 16.6. The van der Waals surface area contributed by atoms with Crippen LogP contribution in [0.3, 0.4) is 0 Å². The van der Waals surface area contributed by atoms with E-state index in [2.05, 4.69) is 0 Å². The lowest BCUT2D eigenvalue weighted by molar-refractivity contribution is -0.138. The molecule has 5 heteroatoms. The molecule has 0 bridgehead atoms. The topological polar surface area (TPSA) is 66.8 Å². The summed E-state index contributed by atoms with van der Waals surface area (Å²) in [7, 11) is 0. The quantitative estimate of drug-likeness (QED) is 0.637. The highest BCUT2D eigenvalue weighted by molar-refractivity contribution is 5.79. The van der Waals surface area contributed by atoms with Crippen LogP contribution in [0, 0.1) is 0 Å². The van der Waals surface area contributed by atoms with E-state index in [0.717, 1.165) is 12.8 Å². The van der Waals surface area contributed by atoms with E-state index >= 15 is 0 Å². The molecule has 5 nitrogen and oxygen atoms in total. The van der Waals surface area contributed by atoms with E-state index in [1.54, 1.807) is 0 Å². The van der Waals surface area contributed by atoms with E-state index in [1.807, 2.05) is 0 Å². The fourth-order valence-electron chi connectivity index (χ4n) is 1.47. The van der Waals surface area contributed by atoms with E-state index in [1.165, 1.54) is 4.90 Å². The standard InChI is InChI=1S/C7H9NO4/c9-5(10)3-8-6(11)12-4-7(8)1-2-7/h1-4H2,(H,9,10). The molecule has 12 heavy (non-hydrogen) atoms. The van der Waals surface area contributed by atoms with Crippen LogP contribution < -0.4 is 0 Å². The van der Waals surface area contributed by atoms with Gasteiger partial charge in [0.1, 0.15) is 13.2 Å². The highest BCUT2D eigenvalue weighted by Gasteiger charge is 2.56. The normalized spacial score (nSPS) is 24.3. The lowest BCUT2D eigenvalue weighted by Crippen LogP contribution is -2.39. The second-order valence-electron chi connectivity index (χ2n) is 3.26. The number of carboxylic acids is 1. The van der Waals surface area contributed by atoms with Crippen molar-refractivity contribution >= 4 is 12.1 Å². The minimum atomic E-state index is -0.986. The lowest BCUT2D eigenvalue weighted by Gasteiger charge is -2.17. The van der Waals surface area contributed by atoms with Crippen molar-refractivity contribution in [3.8, 4) is 0 Å². The number of ether oxygens (including phenoxy) is 1. The summed E-state index contributed by atoms with van der Waals surface area (Å²) in [5.41, 5.74) is -0.254. The molecule has 2 aliphatic rings. The second-order valence-corrected chi connectivity index (χ2v) is 3.26. The van der Waals surface area contributed by atoms with Crippen LogP contribution in [0.5, 0.6) is 0 Å². The van der Waals surface area contributed by atoms with Crippen molar-refractivity contribution in [2.24, 2.45) is 0 Å². The van der Waals surface area contributed by atoms with Gasteiger partial charge in [-0.15, -0.1) is 0 Å². The Balaban J connectivity index is 2.10. The third-order valence-corrected chi connectivity index (χ3v) is 2.38. The summed E-state index contributed by atoms with van der Waals surface area (Å²) in [6.45, 7) is 0.123. The molecule has 1 saturated carbocycles. The van der Waals surface area contributed by atoms with Gasteiger partial charge in [0, 0.05) is 0 Å². The van der Waals surface area contributed by atoms with Gasteiger partial charge >= 0.3 is 12.1 Å². The Hall–Kier alpha value is -1.26. The molecule has 2 rings (SSSR count). The molecule has 2 fully saturated rings. The fraction of sp³-hybridized carbons (Fsp3) is 0.714. The van der Waals surface area contributed by atoms with Gasteiger partial charge in [-0.1, -0.05) is 0 Å². The Labute approximate surface area is 68.9 Å². The van der Waals surface area contributed by atoms with Crippen molar-refractivity contribution in [1.82, 2.24) is 4.90 Å². The molecule has 0 aromatic carbocycles. The SMILES string of the molecule is O=C(O)CN1C(=O)OCC12CC2. The average Bonchev–Trinajstić information content (AvgIpc) is 2.70. The predicted octanol–water partition coefficient (Wildman–Crippen LogP) is 0.0558. The Morgan fingerprint density at radius 3 is 2.83 bits per heavy atom. The zero-order chi connectivity index (χ0) is 8.77. The van der Waals surface area contributed by atoms with Gasteiger partial charge < -0.3 is 9.84 Å². The van der Waals surface area contributed by atoms with Gasteiger partial charge in [0.05, 0.1) is 5.54 Å². The number of hydrogen-bond donors (Lipinski definition) is 1. The van der Waals surface area contributed by atoms with Crippen LogP contribution >= 0.6 is 0 Å². The molecule has 1 aliphatic carbocycles. The molecule has 0 aromatic heterocycles. The number of rotatable bonds is 2. The van der Waals surface area contributed by atoms with E-state index in [4.69, 9.17) is 9.84 Å². The number of carboxylic acid groups (broad SMARTS) is 1. The van der Waals surface area contributed by atoms with E-state index in [9.17, 15) is 9.59 Å². The monoisotopic (exact) mass is 171 g/mol. The van der Waals surface area contributed by atoms with Crippen molar-refractivity contribution in [2.45, 2.75) is 18.4 Å². The second kappa shape index (κ2) is 2.12. The first kappa shape index (κ1) is 7.39. The molecule has 1 aliphatic heterocycles. The Morgan fingerprint density at radius 2 is 2.33 bits per heavy atom. The summed E-state index contributed by atoms with van der Waals surface area (Å²) < 4.78 is 4.77. The summed E-state index contributed by atoms with van der Waals surface area (Å²) in [5.74, 6) is -0.986. The molecular weight excluding hydrogens is 162 g/mol. The van der Waals surface area contributed by atoms with Gasteiger partial charge in [0.15, 0.2) is 0 Å². The van der Waals surface area contributed by atoms with Crippen molar-refractivity contribution in [3.05, 3.63) is 0 Å². The smallest absolute Gasteiger partial charge is 0.410 e. The zero-order valence-electron chi connectivity index (χ0n) is 6.45. The summed E-state index contributed by atoms with van der Waals surface area (Å²) in [6.07, 6.45) is 1.24. The summed E-state index contributed by atoms with van der Waals surface area (Å²) >= 11 is 0. The first-order valence-corrected chi connectivity index (χ1v) is 3.80. The molecule has 1 N–H and O–H groups in total. The third kappa shape index (κ3) is 0.929. The largest absolute Gasteiger partial charge is 0.480 e. The van der Waals surface area contributed by atoms with Crippen molar-refractivity contribution < 1.29 is 19.4 Å². The molecule has 1 amide bonds. The van der Waals surface area contributed by atoms with Gasteiger partial charge in [-0.2, -0.15) is 0 Å². The molecule has 1 heterocycles. The van der Waals surface area contributed by atoms with Crippen LogP contribution in [-0.2, 0) is 9.53 Å². The van der Waals surface area contributed by atoms with Crippen LogP contribution in [0.2, 0.25) is 0 Å². The van der Waals surface area contributed by atoms with Gasteiger partial charge in [-0.3, -0.25) is 9.69 Å².